The molecule has 0 saturated heterocycles. The molecule has 0 heterocycles. The Bertz CT molecular complexity index is 464. The average Bonchev–Trinajstić information content (AvgIpc) is 2.41. The smallest absolute Gasteiger partial charge is 0.240 e. The summed E-state index contributed by atoms with van der Waals surface area (Å²) in [6.45, 7) is 2.46. The first-order valence-electron chi connectivity index (χ1n) is 6.51. The lowest BCUT2D eigenvalue weighted by atomic mass is 10.3. The second-order valence-electron chi connectivity index (χ2n) is 4.16. The first-order valence-corrected chi connectivity index (χ1v) is 7.27. The number of hydrogen-bond donors (Lipinski definition) is 1. The zero-order chi connectivity index (χ0) is 14.8. The van der Waals surface area contributed by atoms with Crippen molar-refractivity contribution in [2.45, 2.75) is 32.6 Å². The first-order chi connectivity index (χ1) is 9.63. The number of halogens is 2. The number of hydrogen-bond acceptors (Lipinski definition) is 3. The van der Waals surface area contributed by atoms with Crippen LogP contribution in [0.4, 0.5) is 0 Å². The number of nitrogens with one attached hydrogen (secondary N) is 1. The van der Waals surface area contributed by atoms with Gasteiger partial charge < -0.3 is 4.74 Å². The zero-order valence-electron chi connectivity index (χ0n) is 11.4. The summed E-state index contributed by atoms with van der Waals surface area (Å²) in [6, 6.07) is 5.03. The summed E-state index contributed by atoms with van der Waals surface area (Å²) in [4.78, 5) is 11.4. The molecule has 0 spiro atoms. The Morgan fingerprint density at radius 3 is 2.95 bits per heavy atom. The number of carbonyl (C=O) groups excluding carboxylic acids is 1. The average molecular weight is 317 g/mol. The summed E-state index contributed by atoms with van der Waals surface area (Å²) in [5.74, 6) is 0.445. The third kappa shape index (κ3) is 6.78. The van der Waals surface area contributed by atoms with Crippen LogP contribution in [-0.4, -0.2) is 18.7 Å². The van der Waals surface area contributed by atoms with Gasteiger partial charge in [-0.3, -0.25) is 4.79 Å². The third-order valence-corrected chi connectivity index (χ3v) is 2.93. The molecular formula is C14H18Cl2N2O2. The highest BCUT2D eigenvalue weighted by atomic mass is 35.5. The van der Waals surface area contributed by atoms with Gasteiger partial charge in [0.2, 0.25) is 5.91 Å². The van der Waals surface area contributed by atoms with Crippen molar-refractivity contribution in [2.75, 3.05) is 6.61 Å². The van der Waals surface area contributed by atoms with Crippen LogP contribution in [0.1, 0.15) is 32.6 Å². The molecule has 0 fully saturated rings. The Morgan fingerprint density at radius 1 is 1.45 bits per heavy atom. The molecule has 0 saturated carbocycles. The van der Waals surface area contributed by atoms with Gasteiger partial charge in [0, 0.05) is 17.7 Å². The van der Waals surface area contributed by atoms with E-state index in [9.17, 15) is 4.79 Å². The molecular weight excluding hydrogens is 299 g/mol. The summed E-state index contributed by atoms with van der Waals surface area (Å²) in [7, 11) is 0. The Labute approximate surface area is 129 Å². The first kappa shape index (κ1) is 16.8. The number of ether oxygens (including phenoxy) is 1. The van der Waals surface area contributed by atoms with E-state index < -0.39 is 0 Å². The number of carbonyl (C=O) groups is 1. The number of hydrazone groups is 1. The van der Waals surface area contributed by atoms with Gasteiger partial charge in [-0.05, 0) is 31.0 Å². The third-order valence-electron chi connectivity index (χ3n) is 2.40. The van der Waals surface area contributed by atoms with E-state index in [1.54, 1.807) is 24.4 Å². The molecule has 1 aromatic rings. The quantitative estimate of drug-likeness (QED) is 0.447. The van der Waals surface area contributed by atoms with Crippen LogP contribution in [0, 0.1) is 0 Å². The molecule has 1 aromatic carbocycles. The molecule has 0 aromatic heterocycles. The molecule has 110 valence electrons. The van der Waals surface area contributed by atoms with Crippen molar-refractivity contribution in [3.05, 3.63) is 28.2 Å². The Hall–Kier alpha value is -1.26. The molecule has 1 N–H and O–H groups in total. The van der Waals surface area contributed by atoms with Gasteiger partial charge >= 0.3 is 0 Å². The van der Waals surface area contributed by atoms with Crippen LogP contribution in [0.5, 0.6) is 5.75 Å². The van der Waals surface area contributed by atoms with Gasteiger partial charge in [0.15, 0.2) is 0 Å². The van der Waals surface area contributed by atoms with E-state index in [4.69, 9.17) is 27.9 Å². The van der Waals surface area contributed by atoms with E-state index in [0.29, 0.717) is 35.2 Å². The highest BCUT2D eigenvalue weighted by Gasteiger charge is 2.03. The molecule has 0 aliphatic carbocycles. The highest BCUT2D eigenvalue weighted by Crippen LogP contribution is 2.27. The normalized spacial score (nSPS) is 10.8. The SMILES string of the molecule is CCCC=NNC(=O)CCCOc1ccc(Cl)cc1Cl. The lowest BCUT2D eigenvalue weighted by molar-refractivity contribution is -0.121. The fraction of sp³-hybridized carbons (Fsp3) is 0.429. The minimum atomic E-state index is -0.122. The van der Waals surface area contributed by atoms with Crippen molar-refractivity contribution in [3.8, 4) is 5.75 Å². The predicted octanol–water partition coefficient (Wildman–Crippen LogP) is 4.05. The maximum absolute atomic E-state index is 11.4. The molecule has 6 heteroatoms. The van der Waals surface area contributed by atoms with Crippen molar-refractivity contribution in [2.24, 2.45) is 5.10 Å². The maximum Gasteiger partial charge on any atom is 0.240 e. The van der Waals surface area contributed by atoms with Gasteiger partial charge in [-0.15, -0.1) is 0 Å². The lowest BCUT2D eigenvalue weighted by Crippen LogP contribution is -2.17. The molecule has 1 amide bonds. The fourth-order valence-corrected chi connectivity index (χ4v) is 1.84. The van der Waals surface area contributed by atoms with Gasteiger partial charge in [0.25, 0.3) is 0 Å². The molecule has 0 aliphatic heterocycles. The van der Waals surface area contributed by atoms with E-state index in [1.165, 1.54) is 0 Å². The predicted molar refractivity (Wildman–Crippen MR) is 82.7 cm³/mol. The molecule has 4 nitrogen and oxygen atoms in total. The van der Waals surface area contributed by atoms with Crippen molar-refractivity contribution in [3.63, 3.8) is 0 Å². The van der Waals surface area contributed by atoms with Crippen LogP contribution >= 0.6 is 23.2 Å². The van der Waals surface area contributed by atoms with Gasteiger partial charge in [-0.2, -0.15) is 5.10 Å². The zero-order valence-corrected chi connectivity index (χ0v) is 12.9. The Balaban J connectivity index is 2.19. The van der Waals surface area contributed by atoms with Crippen molar-refractivity contribution >= 4 is 35.3 Å². The van der Waals surface area contributed by atoms with Crippen molar-refractivity contribution in [1.29, 1.82) is 0 Å². The van der Waals surface area contributed by atoms with Gasteiger partial charge in [-0.1, -0.05) is 36.5 Å². The summed E-state index contributed by atoms with van der Waals surface area (Å²) >= 11 is 11.7. The standard InChI is InChI=1S/C14H18Cl2N2O2/c1-2-3-8-17-18-14(19)5-4-9-20-13-7-6-11(15)10-12(13)16/h6-8,10H,2-5,9H2,1H3,(H,18,19). The summed E-state index contributed by atoms with van der Waals surface area (Å²) < 4.78 is 5.48. The molecule has 0 aliphatic rings. The van der Waals surface area contributed by atoms with Gasteiger partial charge in [0.05, 0.1) is 11.6 Å². The number of benzene rings is 1. The minimum absolute atomic E-state index is 0.122. The Kier molecular flexibility index (Phi) is 8.07. The van der Waals surface area contributed by atoms with E-state index >= 15 is 0 Å². The van der Waals surface area contributed by atoms with E-state index in [-0.39, 0.29) is 5.91 Å². The molecule has 20 heavy (non-hydrogen) atoms. The monoisotopic (exact) mass is 316 g/mol. The van der Waals surface area contributed by atoms with E-state index in [1.807, 2.05) is 6.92 Å². The summed E-state index contributed by atoms with van der Waals surface area (Å²) in [5, 5.41) is 4.85. The second kappa shape index (κ2) is 9.61. The number of rotatable bonds is 8. The molecule has 0 unspecified atom stereocenters. The summed E-state index contributed by atoms with van der Waals surface area (Å²) in [5.41, 5.74) is 2.47. The number of unbranched alkanes of at least 4 members (excludes halogenated alkanes) is 1. The second-order valence-corrected chi connectivity index (χ2v) is 5.01. The highest BCUT2D eigenvalue weighted by molar-refractivity contribution is 6.35. The van der Waals surface area contributed by atoms with Crippen LogP contribution in [0.2, 0.25) is 10.0 Å². The van der Waals surface area contributed by atoms with Gasteiger partial charge in [-0.25, -0.2) is 5.43 Å². The number of nitrogens with zero attached hydrogens (tertiary/aromatic N) is 1. The van der Waals surface area contributed by atoms with E-state index in [0.717, 1.165) is 12.8 Å². The molecule has 0 atom stereocenters. The Morgan fingerprint density at radius 2 is 2.25 bits per heavy atom. The van der Waals surface area contributed by atoms with Crippen molar-refractivity contribution in [1.82, 2.24) is 5.43 Å². The largest absolute Gasteiger partial charge is 0.492 e. The van der Waals surface area contributed by atoms with Crippen molar-refractivity contribution < 1.29 is 9.53 Å². The molecule has 1 rings (SSSR count). The fourth-order valence-electron chi connectivity index (χ4n) is 1.37. The maximum atomic E-state index is 11.4. The molecule has 0 radical (unpaired) electrons. The number of amides is 1. The van der Waals surface area contributed by atoms with Crippen LogP contribution in [0.3, 0.4) is 0 Å². The van der Waals surface area contributed by atoms with Crippen LogP contribution in [0.15, 0.2) is 23.3 Å². The topological polar surface area (TPSA) is 50.7 Å². The van der Waals surface area contributed by atoms with Crippen LogP contribution in [0.25, 0.3) is 0 Å². The molecule has 0 bridgehead atoms. The summed E-state index contributed by atoms with van der Waals surface area (Å²) in [6.07, 6.45) is 4.51. The van der Waals surface area contributed by atoms with Crippen LogP contribution in [-0.2, 0) is 4.79 Å². The van der Waals surface area contributed by atoms with Gasteiger partial charge in [0.1, 0.15) is 5.75 Å². The lowest BCUT2D eigenvalue weighted by Gasteiger charge is -2.07. The minimum Gasteiger partial charge on any atom is -0.492 e. The van der Waals surface area contributed by atoms with E-state index in [2.05, 4.69) is 10.5 Å². The van der Waals surface area contributed by atoms with Crippen LogP contribution < -0.4 is 10.2 Å².